The summed E-state index contributed by atoms with van der Waals surface area (Å²) in [5.41, 5.74) is -5.36. The van der Waals surface area contributed by atoms with Crippen molar-refractivity contribution >= 4 is 24.0 Å². The largest absolute Gasteiger partial charge is 0.457 e. The SMILES string of the molecule is CC(=O)O[C@@]12CO[C@@H]1CC[C@@]1(C)[C@@H]3O[C@H](CN(C)C)O[C@@H]3C3=C(C)[C@@H](OC(=O)[C@H](C)[C@@H](NC(=O)OC(C)(C)C)c4ncccc4F)C[C@@](O)([C@@H](OC(=O)c4ccccc4)[C@@H]12)C3(C)C. The number of hydrogen-bond acceptors (Lipinski definition) is 14. The van der Waals surface area contributed by atoms with Crippen molar-refractivity contribution in [2.45, 2.75) is 141 Å². The summed E-state index contributed by atoms with van der Waals surface area (Å²) in [6.07, 6.45) is -4.35. The number of halogens is 1. The number of nitrogens with one attached hydrogen (secondary N) is 1. The fourth-order valence-corrected chi connectivity index (χ4v) is 10.9. The number of pyridine rings is 1. The lowest BCUT2D eigenvalue weighted by Crippen LogP contribution is -2.79. The summed E-state index contributed by atoms with van der Waals surface area (Å²) in [5.74, 6) is -5.08. The van der Waals surface area contributed by atoms with E-state index >= 15 is 4.39 Å². The molecule has 0 unspecified atom stereocenters. The predicted octanol–water partition coefficient (Wildman–Crippen LogP) is 5.84. The van der Waals surface area contributed by atoms with Crippen LogP contribution in [-0.2, 0) is 42.7 Å². The van der Waals surface area contributed by atoms with Gasteiger partial charge in [-0.3, -0.25) is 14.6 Å². The molecule has 344 valence electrons. The van der Waals surface area contributed by atoms with Crippen LogP contribution in [0.25, 0.3) is 0 Å². The predicted molar refractivity (Wildman–Crippen MR) is 224 cm³/mol. The highest BCUT2D eigenvalue weighted by Crippen LogP contribution is 2.66. The molecule has 2 saturated carbocycles. The van der Waals surface area contributed by atoms with Crippen LogP contribution in [0.1, 0.15) is 104 Å². The van der Waals surface area contributed by atoms with Gasteiger partial charge in [0.05, 0.1) is 41.8 Å². The summed E-state index contributed by atoms with van der Waals surface area (Å²) in [4.78, 5) is 61.5. The number of ether oxygens (including phenoxy) is 7. The average molecular weight is 880 g/mol. The number of carbonyl (C=O) groups is 4. The third-order valence-electron chi connectivity index (χ3n) is 14.0. The van der Waals surface area contributed by atoms with Crippen molar-refractivity contribution in [3.8, 4) is 0 Å². The van der Waals surface area contributed by atoms with E-state index in [1.54, 1.807) is 51.1 Å². The van der Waals surface area contributed by atoms with E-state index in [0.29, 0.717) is 30.5 Å². The Balaban J connectivity index is 1.38. The molecular weight excluding hydrogens is 818 g/mol. The van der Waals surface area contributed by atoms with Crippen LogP contribution in [-0.4, -0.2) is 120 Å². The van der Waals surface area contributed by atoms with Gasteiger partial charge in [0.15, 0.2) is 11.9 Å². The second-order valence-electron chi connectivity index (χ2n) is 19.9. The molecule has 3 heterocycles. The Morgan fingerprint density at radius 1 is 1.05 bits per heavy atom. The number of hydrogen-bond donors (Lipinski definition) is 2. The molecule has 2 aliphatic heterocycles. The molecule has 2 bridgehead atoms. The molecule has 4 fully saturated rings. The van der Waals surface area contributed by atoms with E-state index in [0.717, 1.165) is 0 Å². The van der Waals surface area contributed by atoms with Gasteiger partial charge < -0.3 is 48.5 Å². The Morgan fingerprint density at radius 3 is 2.35 bits per heavy atom. The van der Waals surface area contributed by atoms with Crippen LogP contribution >= 0.6 is 0 Å². The van der Waals surface area contributed by atoms with E-state index in [-0.39, 0.29) is 24.3 Å². The smallest absolute Gasteiger partial charge is 0.408 e. The number of alkyl carbamates (subject to hydrolysis) is 1. The summed E-state index contributed by atoms with van der Waals surface area (Å²) in [6.45, 7) is 15.7. The third-order valence-corrected chi connectivity index (χ3v) is 14.0. The van der Waals surface area contributed by atoms with E-state index in [4.69, 9.17) is 33.2 Å². The minimum absolute atomic E-state index is 0.0272. The molecular formula is C47H62FN3O12. The van der Waals surface area contributed by atoms with Crippen LogP contribution in [0.3, 0.4) is 0 Å². The number of carbonyl (C=O) groups excluding carboxylic acids is 4. The highest BCUT2D eigenvalue weighted by Gasteiger charge is 2.77. The Bertz CT molecular complexity index is 2130. The Morgan fingerprint density at radius 2 is 1.75 bits per heavy atom. The number of likely N-dealkylation sites (N-methyl/N-ethyl adjacent to an activating group) is 1. The Hall–Kier alpha value is -4.48. The van der Waals surface area contributed by atoms with Gasteiger partial charge >= 0.3 is 24.0 Å². The summed E-state index contributed by atoms with van der Waals surface area (Å²) >= 11 is 0. The van der Waals surface area contributed by atoms with Gasteiger partial charge in [-0.05, 0) is 97.0 Å². The lowest BCUT2D eigenvalue weighted by Gasteiger charge is -2.68. The van der Waals surface area contributed by atoms with Crippen LogP contribution in [0.5, 0.6) is 0 Å². The van der Waals surface area contributed by atoms with Gasteiger partial charge in [0.2, 0.25) is 0 Å². The summed E-state index contributed by atoms with van der Waals surface area (Å²) in [5, 5.41) is 16.5. The topological polar surface area (TPSA) is 181 Å². The molecule has 2 saturated heterocycles. The molecule has 1 amide bonds. The quantitative estimate of drug-likeness (QED) is 0.165. The number of fused-ring (bicyclic) bond motifs is 8. The molecule has 12 atom stereocenters. The molecule has 63 heavy (non-hydrogen) atoms. The van der Waals surface area contributed by atoms with Crippen molar-refractivity contribution in [2.75, 3.05) is 27.2 Å². The fraction of sp³-hybridized carbons (Fsp3) is 0.638. The second kappa shape index (κ2) is 16.8. The second-order valence-corrected chi connectivity index (χ2v) is 19.9. The van der Waals surface area contributed by atoms with Crippen LogP contribution in [0, 0.1) is 28.5 Å². The highest BCUT2D eigenvalue weighted by molar-refractivity contribution is 5.89. The number of aliphatic hydroxyl groups is 1. The normalized spacial score (nSPS) is 34.1. The Labute approximate surface area is 368 Å². The molecule has 5 aliphatic rings. The van der Waals surface area contributed by atoms with Gasteiger partial charge in [-0.1, -0.05) is 39.0 Å². The zero-order valence-corrected chi connectivity index (χ0v) is 38.1. The van der Waals surface area contributed by atoms with Gasteiger partial charge in [-0.25, -0.2) is 14.0 Å². The minimum Gasteiger partial charge on any atom is -0.457 e. The van der Waals surface area contributed by atoms with Gasteiger partial charge in [0, 0.05) is 36.9 Å². The number of aromatic nitrogens is 1. The zero-order chi connectivity index (χ0) is 46.0. The Kier molecular flexibility index (Phi) is 12.4. The molecule has 3 aliphatic carbocycles. The minimum atomic E-state index is -2.05. The van der Waals surface area contributed by atoms with Gasteiger partial charge in [-0.15, -0.1) is 0 Å². The molecule has 0 spiro atoms. The molecule has 7 rings (SSSR count). The first kappa shape index (κ1) is 46.5. The van der Waals surface area contributed by atoms with Gasteiger partial charge in [0.1, 0.15) is 41.4 Å². The molecule has 1 aromatic heterocycles. The van der Waals surface area contributed by atoms with E-state index in [1.165, 1.54) is 32.2 Å². The van der Waals surface area contributed by atoms with E-state index in [2.05, 4.69) is 10.3 Å². The number of esters is 3. The molecule has 15 nitrogen and oxygen atoms in total. The van der Waals surface area contributed by atoms with Crippen LogP contribution in [0.4, 0.5) is 9.18 Å². The number of benzene rings is 1. The standard InChI is InChI=1S/C47H62FN3O12/c1-25-30(58-40(53)26(2)34(35-29(48)18-15-21-49-35)50-42(55)63-43(4,5)6)22-47(56)39(61-41(54)28-16-13-12-14-17-28)37-45(9,20-19-31-46(37,24-57-31)62-27(3)52)38-36(33(25)44(47,7)8)59-32(60-38)23-51(10)11/h12-18,21,26,30-32,34,36-39,56H,19-20,22-24H2,1-11H3,(H,50,55)/t26-,30+,31-,32-,34-,36-,37+,38-,39+,45-,46+,47-/m1/s1. The monoisotopic (exact) mass is 879 g/mol. The maximum Gasteiger partial charge on any atom is 0.408 e. The van der Waals surface area contributed by atoms with Crippen LogP contribution in [0.2, 0.25) is 0 Å². The number of nitrogens with zero attached hydrogens (tertiary/aromatic N) is 2. The maximum atomic E-state index is 15.4. The van der Waals surface area contributed by atoms with E-state index < -0.39 is 112 Å². The highest BCUT2D eigenvalue weighted by atomic mass is 19.1. The molecule has 0 radical (unpaired) electrons. The van der Waals surface area contributed by atoms with Gasteiger partial charge in [-0.2, -0.15) is 0 Å². The van der Waals surface area contributed by atoms with Crippen molar-refractivity contribution in [1.29, 1.82) is 0 Å². The lowest BCUT2D eigenvalue weighted by atomic mass is 9.45. The van der Waals surface area contributed by atoms with Crippen LogP contribution in [0.15, 0.2) is 59.8 Å². The van der Waals surface area contributed by atoms with Crippen LogP contribution < -0.4 is 5.32 Å². The first-order valence-corrected chi connectivity index (χ1v) is 21.7. The fourth-order valence-electron chi connectivity index (χ4n) is 10.9. The molecule has 2 N–H and O–H groups in total. The van der Waals surface area contributed by atoms with Crippen molar-refractivity contribution in [1.82, 2.24) is 15.2 Å². The molecule has 16 heteroatoms. The van der Waals surface area contributed by atoms with E-state index in [9.17, 15) is 24.3 Å². The lowest BCUT2D eigenvalue weighted by molar-refractivity contribution is -0.345. The molecule has 1 aromatic carbocycles. The van der Waals surface area contributed by atoms with Crippen molar-refractivity contribution in [2.24, 2.45) is 22.7 Å². The first-order chi connectivity index (χ1) is 29.4. The van der Waals surface area contributed by atoms with Crippen molar-refractivity contribution in [3.63, 3.8) is 0 Å². The maximum absolute atomic E-state index is 15.4. The average Bonchev–Trinajstić information content (AvgIpc) is 3.59. The number of rotatable bonds is 10. The van der Waals surface area contributed by atoms with Crippen molar-refractivity contribution < 1.29 is 61.8 Å². The number of amides is 1. The third kappa shape index (κ3) is 8.26. The first-order valence-electron chi connectivity index (χ1n) is 21.7. The summed E-state index contributed by atoms with van der Waals surface area (Å²) in [6, 6.07) is 9.64. The van der Waals surface area contributed by atoms with E-state index in [1.807, 2.05) is 46.7 Å². The molecule has 2 aromatic rings. The zero-order valence-electron chi connectivity index (χ0n) is 38.1. The van der Waals surface area contributed by atoms with Gasteiger partial charge in [0.25, 0.3) is 0 Å². The summed E-state index contributed by atoms with van der Waals surface area (Å²) < 4.78 is 60.4. The van der Waals surface area contributed by atoms with Crippen molar-refractivity contribution in [3.05, 3.63) is 76.9 Å². The summed E-state index contributed by atoms with van der Waals surface area (Å²) in [7, 11) is 3.80.